The predicted molar refractivity (Wildman–Crippen MR) is 164 cm³/mol. The number of amides is 3. The minimum atomic E-state index is -0.152. The molecule has 0 atom stereocenters. The van der Waals surface area contributed by atoms with Crippen molar-refractivity contribution in [3.8, 4) is 0 Å². The van der Waals surface area contributed by atoms with Gasteiger partial charge in [-0.15, -0.1) is 0 Å². The Morgan fingerprint density at radius 3 is 2.38 bits per heavy atom. The molecule has 6 rings (SSSR count). The Balaban J connectivity index is 1.03. The Bertz CT molecular complexity index is 1610. The van der Waals surface area contributed by atoms with E-state index < -0.39 is 0 Å². The van der Waals surface area contributed by atoms with Gasteiger partial charge >= 0.3 is 6.03 Å². The number of urea groups is 1. The normalized spacial score (nSPS) is 16.4. The zero-order chi connectivity index (χ0) is 29.2. The van der Waals surface area contributed by atoms with Crippen molar-refractivity contribution in [3.63, 3.8) is 0 Å². The number of fused-ring (bicyclic) bond motifs is 1. The number of nitrogens with one attached hydrogen (secondary N) is 2. The van der Waals surface area contributed by atoms with Crippen molar-refractivity contribution in [2.24, 2.45) is 12.8 Å². The Kier molecular flexibility index (Phi) is 7.62. The van der Waals surface area contributed by atoms with Gasteiger partial charge in [0.15, 0.2) is 0 Å². The summed E-state index contributed by atoms with van der Waals surface area (Å²) in [7, 11) is 2.00. The SMILES string of the molecule is Cn1c(CCc2ccc(C(=N)N)cc2)nc2cc(C(=O)NN3CCC(N4CCN(c5ccccc5)C4=O)CC3)ccc21. The number of carbonyl (C=O) groups is 2. The van der Waals surface area contributed by atoms with Gasteiger partial charge in [0.2, 0.25) is 0 Å². The van der Waals surface area contributed by atoms with Gasteiger partial charge in [-0.3, -0.25) is 20.5 Å². The molecule has 0 unspecified atom stereocenters. The molecule has 2 fully saturated rings. The molecular formula is C32H36N8O2. The van der Waals surface area contributed by atoms with Crippen LogP contribution in [0.3, 0.4) is 0 Å². The third-order valence-corrected chi connectivity index (χ3v) is 8.41. The van der Waals surface area contributed by atoms with Gasteiger partial charge in [0.05, 0.1) is 11.0 Å². The fraction of sp³-hybridized carbons (Fsp3) is 0.312. The van der Waals surface area contributed by atoms with E-state index in [1.165, 1.54) is 0 Å². The van der Waals surface area contributed by atoms with E-state index in [1.54, 1.807) is 0 Å². The summed E-state index contributed by atoms with van der Waals surface area (Å²) < 4.78 is 2.07. The van der Waals surface area contributed by atoms with Gasteiger partial charge in [-0.25, -0.2) is 14.8 Å². The largest absolute Gasteiger partial charge is 0.384 e. The summed E-state index contributed by atoms with van der Waals surface area (Å²) in [6, 6.07) is 23.4. The first-order chi connectivity index (χ1) is 20.4. The Morgan fingerprint density at radius 2 is 1.67 bits per heavy atom. The number of anilines is 1. The van der Waals surface area contributed by atoms with E-state index >= 15 is 0 Å². The van der Waals surface area contributed by atoms with Crippen molar-refractivity contribution >= 4 is 34.5 Å². The van der Waals surface area contributed by atoms with Crippen LogP contribution < -0.4 is 16.1 Å². The number of nitrogens with two attached hydrogens (primary N) is 1. The molecule has 0 saturated carbocycles. The van der Waals surface area contributed by atoms with Crippen molar-refractivity contribution < 1.29 is 9.59 Å². The van der Waals surface area contributed by atoms with Crippen LogP contribution in [0.15, 0.2) is 72.8 Å². The number of rotatable bonds is 8. The van der Waals surface area contributed by atoms with Crippen molar-refractivity contribution in [3.05, 3.63) is 95.3 Å². The van der Waals surface area contributed by atoms with E-state index in [4.69, 9.17) is 16.1 Å². The number of para-hydroxylation sites is 1. The molecule has 2 aliphatic rings. The number of benzene rings is 3. The third kappa shape index (κ3) is 5.58. The van der Waals surface area contributed by atoms with Crippen LogP contribution in [0.4, 0.5) is 10.5 Å². The highest BCUT2D eigenvalue weighted by molar-refractivity contribution is 5.97. The minimum absolute atomic E-state index is 0.0652. The average Bonchev–Trinajstić information content (AvgIpc) is 3.55. The maximum Gasteiger partial charge on any atom is 0.324 e. The number of imidazole rings is 1. The molecule has 4 N–H and O–H groups in total. The highest BCUT2D eigenvalue weighted by Crippen LogP contribution is 2.25. The second-order valence-electron chi connectivity index (χ2n) is 11.0. The number of nitrogens with zero attached hydrogens (tertiary/aromatic N) is 5. The molecule has 216 valence electrons. The van der Waals surface area contributed by atoms with Crippen LogP contribution >= 0.6 is 0 Å². The number of hydrazine groups is 1. The van der Waals surface area contributed by atoms with Crippen molar-refractivity contribution in [2.75, 3.05) is 31.1 Å². The molecular weight excluding hydrogens is 528 g/mol. The second-order valence-corrected chi connectivity index (χ2v) is 11.0. The van der Waals surface area contributed by atoms with E-state index in [0.717, 1.165) is 60.3 Å². The summed E-state index contributed by atoms with van der Waals surface area (Å²) in [5.74, 6) is 0.860. The van der Waals surface area contributed by atoms with Gasteiger partial charge < -0.3 is 15.2 Å². The maximum atomic E-state index is 13.1. The fourth-order valence-corrected chi connectivity index (χ4v) is 5.96. The molecule has 0 spiro atoms. The third-order valence-electron chi connectivity index (χ3n) is 8.41. The minimum Gasteiger partial charge on any atom is -0.384 e. The van der Waals surface area contributed by atoms with Crippen molar-refractivity contribution in [2.45, 2.75) is 31.7 Å². The number of piperidine rings is 1. The maximum absolute atomic E-state index is 13.1. The number of aromatic nitrogens is 2. The van der Waals surface area contributed by atoms with Gasteiger partial charge in [-0.2, -0.15) is 0 Å². The molecule has 3 amide bonds. The van der Waals surface area contributed by atoms with Gasteiger partial charge in [0.25, 0.3) is 5.91 Å². The Labute approximate surface area is 245 Å². The highest BCUT2D eigenvalue weighted by Gasteiger charge is 2.36. The number of aryl methyl sites for hydroxylation is 3. The lowest BCUT2D eigenvalue weighted by atomic mass is 10.0. The van der Waals surface area contributed by atoms with E-state index in [1.807, 2.05) is 94.7 Å². The van der Waals surface area contributed by atoms with E-state index in [9.17, 15) is 9.59 Å². The molecule has 0 aliphatic carbocycles. The quantitative estimate of drug-likeness (QED) is 0.223. The van der Waals surface area contributed by atoms with E-state index in [2.05, 4.69) is 9.99 Å². The van der Waals surface area contributed by atoms with Gasteiger partial charge in [0, 0.05) is 62.5 Å². The fourth-order valence-electron chi connectivity index (χ4n) is 5.96. The molecule has 2 aliphatic heterocycles. The number of nitrogen functional groups attached to an aromatic ring is 1. The number of hydrogen-bond acceptors (Lipinski definition) is 5. The Morgan fingerprint density at radius 1 is 0.952 bits per heavy atom. The lowest BCUT2D eigenvalue weighted by Crippen LogP contribution is -2.51. The molecule has 0 radical (unpaired) electrons. The molecule has 3 heterocycles. The first-order valence-corrected chi connectivity index (χ1v) is 14.4. The van der Waals surface area contributed by atoms with E-state index in [-0.39, 0.29) is 23.8 Å². The summed E-state index contributed by atoms with van der Waals surface area (Å²) in [6.45, 7) is 2.80. The average molecular weight is 565 g/mol. The molecule has 4 aromatic rings. The van der Waals surface area contributed by atoms with Crippen LogP contribution in [0.25, 0.3) is 11.0 Å². The first kappa shape index (κ1) is 27.5. The van der Waals surface area contributed by atoms with E-state index in [0.29, 0.717) is 30.8 Å². The molecule has 42 heavy (non-hydrogen) atoms. The standard InChI is InChI=1S/C32H36N8O2/c1-37-28-13-12-24(21-27(28)35-29(37)14-9-22-7-10-23(11-8-22)30(33)34)31(41)36-38-17-15-26(16-18-38)40-20-19-39(32(40)42)25-5-3-2-4-6-25/h2-8,10-13,21,26H,9,14-20H2,1H3,(H3,33,34)(H,36,41). The smallest absolute Gasteiger partial charge is 0.324 e. The zero-order valence-electron chi connectivity index (χ0n) is 23.8. The van der Waals surface area contributed by atoms with Crippen LogP contribution in [0.2, 0.25) is 0 Å². The molecule has 10 heteroatoms. The van der Waals surface area contributed by atoms with Crippen molar-refractivity contribution in [1.82, 2.24) is 24.9 Å². The molecule has 2 saturated heterocycles. The molecule has 10 nitrogen and oxygen atoms in total. The second kappa shape index (κ2) is 11.7. The lowest BCUT2D eigenvalue weighted by molar-refractivity contribution is 0.0661. The summed E-state index contributed by atoms with van der Waals surface area (Å²) in [6.07, 6.45) is 3.19. The van der Waals surface area contributed by atoms with Gasteiger partial charge in [-0.05, 0) is 55.2 Å². The summed E-state index contributed by atoms with van der Waals surface area (Å²) in [5, 5.41) is 9.51. The first-order valence-electron chi connectivity index (χ1n) is 14.4. The molecule has 0 bridgehead atoms. The van der Waals surface area contributed by atoms with Crippen LogP contribution in [-0.4, -0.2) is 69.5 Å². The number of hydrogen-bond donors (Lipinski definition) is 3. The number of carbonyl (C=O) groups excluding carboxylic acids is 2. The zero-order valence-corrected chi connectivity index (χ0v) is 23.8. The topological polar surface area (TPSA) is 124 Å². The lowest BCUT2D eigenvalue weighted by Gasteiger charge is -2.36. The molecule has 3 aromatic carbocycles. The van der Waals surface area contributed by atoms with Gasteiger partial charge in [-0.1, -0.05) is 42.5 Å². The Hall–Kier alpha value is -4.70. The predicted octanol–water partition coefficient (Wildman–Crippen LogP) is 3.69. The number of amidine groups is 1. The van der Waals surface area contributed by atoms with Crippen molar-refractivity contribution in [1.29, 1.82) is 5.41 Å². The van der Waals surface area contributed by atoms with Crippen LogP contribution in [0, 0.1) is 5.41 Å². The highest BCUT2D eigenvalue weighted by atomic mass is 16.2. The van der Waals surface area contributed by atoms with Crippen LogP contribution in [-0.2, 0) is 19.9 Å². The van der Waals surface area contributed by atoms with Crippen LogP contribution in [0.1, 0.15) is 40.2 Å². The summed E-state index contributed by atoms with van der Waals surface area (Å²) in [5.41, 5.74) is 13.8. The summed E-state index contributed by atoms with van der Waals surface area (Å²) >= 11 is 0. The van der Waals surface area contributed by atoms with Gasteiger partial charge in [0.1, 0.15) is 11.7 Å². The molecule has 1 aromatic heterocycles. The monoisotopic (exact) mass is 564 g/mol. The summed E-state index contributed by atoms with van der Waals surface area (Å²) in [4.78, 5) is 34.9. The van der Waals surface area contributed by atoms with Crippen LogP contribution in [0.5, 0.6) is 0 Å².